The molecular formula is C19H20IN3O5S. The molecule has 2 saturated heterocycles. The number of nitrogens with zero attached hydrogens (tertiary/aromatic N) is 2. The zero-order valence-electron chi connectivity index (χ0n) is 16.1. The Morgan fingerprint density at radius 1 is 1.45 bits per heavy atom. The topological polar surface area (TPSA) is 113 Å². The van der Waals surface area contributed by atoms with Gasteiger partial charge < -0.3 is 19.8 Å². The van der Waals surface area contributed by atoms with Gasteiger partial charge in [-0.25, -0.2) is 4.79 Å². The second-order valence-corrected chi connectivity index (χ2v) is 10.7. The van der Waals surface area contributed by atoms with Crippen LogP contribution in [-0.2, 0) is 9.59 Å². The first-order valence-electron chi connectivity index (χ1n) is 9.19. The lowest BCUT2D eigenvalue weighted by atomic mass is 9.95. The van der Waals surface area contributed by atoms with Gasteiger partial charge in [0.2, 0.25) is 5.91 Å². The van der Waals surface area contributed by atoms with Crippen molar-refractivity contribution in [2.75, 3.05) is 0 Å². The van der Waals surface area contributed by atoms with Gasteiger partial charge >= 0.3 is 5.97 Å². The van der Waals surface area contributed by atoms with Crippen molar-refractivity contribution in [1.82, 2.24) is 15.4 Å². The Labute approximate surface area is 185 Å². The van der Waals surface area contributed by atoms with Crippen LogP contribution < -0.4 is 5.32 Å². The molecule has 0 aromatic carbocycles. The molecule has 29 heavy (non-hydrogen) atoms. The van der Waals surface area contributed by atoms with Gasteiger partial charge in [-0.05, 0) is 61.8 Å². The maximum atomic E-state index is 13.1. The maximum Gasteiger partial charge on any atom is 0.327 e. The number of fused-ring (bicyclic) bond motifs is 1. The lowest BCUT2D eigenvalue weighted by Gasteiger charge is -2.43. The van der Waals surface area contributed by atoms with Crippen LogP contribution in [0.1, 0.15) is 48.5 Å². The monoisotopic (exact) mass is 529 g/mol. The van der Waals surface area contributed by atoms with Gasteiger partial charge in [-0.1, -0.05) is 17.3 Å². The van der Waals surface area contributed by atoms with E-state index >= 15 is 0 Å². The quantitative estimate of drug-likeness (QED) is 0.456. The molecule has 8 nitrogen and oxygen atoms in total. The molecule has 2 N–H and O–H groups in total. The number of aliphatic carboxylic acids is 1. The number of carboxylic acid groups (broad SMARTS) is 1. The highest BCUT2D eigenvalue weighted by Gasteiger charge is 2.64. The number of β-lactam (4-membered cyclic amide) rings is 1. The Hall–Kier alpha value is -1.82. The number of allylic oxidation sites excluding steroid dienone is 4. The van der Waals surface area contributed by atoms with Crippen molar-refractivity contribution >= 4 is 57.7 Å². The van der Waals surface area contributed by atoms with Crippen LogP contribution in [0.3, 0.4) is 0 Å². The van der Waals surface area contributed by atoms with Crippen molar-refractivity contribution in [1.29, 1.82) is 0 Å². The Morgan fingerprint density at radius 2 is 2.17 bits per heavy atom. The SMILES string of the molecule is Cc1onc(C2=C(I)C=CCC2)c1C(=O)N[C@@H]1C(=O)N2[C@@H]1SC(C)(C)[C@@H]2C(=O)O. The highest BCUT2D eigenvalue weighted by atomic mass is 127. The van der Waals surface area contributed by atoms with Crippen LogP contribution >= 0.6 is 34.4 Å². The van der Waals surface area contributed by atoms with Gasteiger partial charge in [-0.2, -0.15) is 0 Å². The van der Waals surface area contributed by atoms with Gasteiger partial charge in [0.1, 0.15) is 34.5 Å². The largest absolute Gasteiger partial charge is 0.480 e. The molecule has 0 radical (unpaired) electrons. The third-order valence-electron chi connectivity index (χ3n) is 5.45. The number of thioether (sulfide) groups is 1. The molecule has 4 rings (SSSR count). The molecule has 2 amide bonds. The van der Waals surface area contributed by atoms with Crippen LogP contribution in [0.25, 0.3) is 5.57 Å². The van der Waals surface area contributed by atoms with Crippen LogP contribution in [0.4, 0.5) is 0 Å². The van der Waals surface area contributed by atoms with E-state index in [2.05, 4.69) is 39.1 Å². The number of halogens is 1. The molecule has 1 aromatic heterocycles. The van der Waals surface area contributed by atoms with Gasteiger partial charge in [0.05, 0.1) is 0 Å². The van der Waals surface area contributed by atoms with Crippen molar-refractivity contribution in [2.45, 2.75) is 55.8 Å². The number of carbonyl (C=O) groups excluding carboxylic acids is 2. The lowest BCUT2D eigenvalue weighted by Crippen LogP contribution is -2.70. The average molecular weight is 529 g/mol. The summed E-state index contributed by atoms with van der Waals surface area (Å²) in [6, 6.07) is -1.68. The third kappa shape index (κ3) is 3.20. The molecule has 3 atom stereocenters. The number of hydrogen-bond donors (Lipinski definition) is 2. The molecule has 0 saturated carbocycles. The third-order valence-corrected chi connectivity index (χ3v) is 8.03. The van der Waals surface area contributed by atoms with Gasteiger partial charge in [0, 0.05) is 8.33 Å². The van der Waals surface area contributed by atoms with E-state index in [1.807, 2.05) is 6.08 Å². The number of hydrogen-bond acceptors (Lipinski definition) is 6. The second kappa shape index (κ2) is 7.15. The molecule has 0 unspecified atom stereocenters. The van der Waals surface area contributed by atoms with E-state index in [0.717, 1.165) is 22.0 Å². The number of nitrogens with one attached hydrogen (secondary N) is 1. The lowest BCUT2D eigenvalue weighted by molar-refractivity contribution is -0.159. The first kappa shape index (κ1) is 20.5. The average Bonchev–Trinajstić information content (AvgIpc) is 3.15. The van der Waals surface area contributed by atoms with Crippen molar-refractivity contribution in [3.63, 3.8) is 0 Å². The number of aryl methyl sites for hydroxylation is 1. The summed E-state index contributed by atoms with van der Waals surface area (Å²) in [4.78, 5) is 38.7. The van der Waals surface area contributed by atoms with Crippen molar-refractivity contribution in [3.05, 3.63) is 32.7 Å². The van der Waals surface area contributed by atoms with Crippen molar-refractivity contribution < 1.29 is 24.0 Å². The second-order valence-electron chi connectivity index (χ2n) is 7.78. The van der Waals surface area contributed by atoms with E-state index in [4.69, 9.17) is 4.52 Å². The minimum Gasteiger partial charge on any atom is -0.480 e. The molecule has 3 aliphatic rings. The molecule has 1 aliphatic carbocycles. The summed E-state index contributed by atoms with van der Waals surface area (Å²) in [6.07, 6.45) is 5.67. The van der Waals surface area contributed by atoms with E-state index in [9.17, 15) is 19.5 Å². The van der Waals surface area contributed by atoms with Gasteiger partial charge in [-0.3, -0.25) is 9.59 Å². The zero-order chi connectivity index (χ0) is 21.1. The summed E-state index contributed by atoms with van der Waals surface area (Å²) in [5, 5.41) is 16.0. The fourth-order valence-corrected chi connectivity index (χ4v) is 6.48. The minimum absolute atomic E-state index is 0.327. The molecule has 0 bridgehead atoms. The van der Waals surface area contributed by atoms with Crippen LogP contribution in [0.5, 0.6) is 0 Å². The van der Waals surface area contributed by atoms with Crippen molar-refractivity contribution in [2.24, 2.45) is 0 Å². The predicted octanol–water partition coefficient (Wildman–Crippen LogP) is 2.72. The Morgan fingerprint density at radius 3 is 2.83 bits per heavy atom. The fourth-order valence-electron chi connectivity index (χ4n) is 4.07. The Balaban J connectivity index is 1.58. The molecule has 10 heteroatoms. The predicted molar refractivity (Wildman–Crippen MR) is 116 cm³/mol. The molecule has 2 aliphatic heterocycles. The van der Waals surface area contributed by atoms with Gasteiger partial charge in [0.15, 0.2) is 0 Å². The number of rotatable bonds is 4. The molecular weight excluding hydrogens is 509 g/mol. The minimum atomic E-state index is -1.04. The molecule has 1 aromatic rings. The fraction of sp³-hybridized carbons (Fsp3) is 0.474. The Bertz CT molecular complexity index is 982. The number of amides is 2. The first-order valence-corrected chi connectivity index (χ1v) is 11.1. The Kier molecular flexibility index (Phi) is 5.04. The summed E-state index contributed by atoms with van der Waals surface area (Å²) in [6.45, 7) is 5.27. The van der Waals surface area contributed by atoms with E-state index in [-0.39, 0.29) is 5.91 Å². The number of carbonyl (C=O) groups is 3. The highest BCUT2D eigenvalue weighted by Crippen LogP contribution is 2.50. The van der Waals surface area contributed by atoms with Crippen molar-refractivity contribution in [3.8, 4) is 0 Å². The van der Waals surface area contributed by atoms with Gasteiger partial charge in [0.25, 0.3) is 5.91 Å². The van der Waals surface area contributed by atoms with Gasteiger partial charge in [-0.15, -0.1) is 11.8 Å². The van der Waals surface area contributed by atoms with Crippen LogP contribution in [0.15, 0.2) is 20.3 Å². The highest BCUT2D eigenvalue weighted by molar-refractivity contribution is 14.1. The number of aromatic nitrogens is 1. The smallest absolute Gasteiger partial charge is 0.327 e. The zero-order valence-corrected chi connectivity index (χ0v) is 19.0. The van der Waals surface area contributed by atoms with Crippen LogP contribution in [0, 0.1) is 6.92 Å². The van der Waals surface area contributed by atoms with Crippen LogP contribution in [-0.4, -0.2) is 55.2 Å². The van der Waals surface area contributed by atoms with E-state index in [0.29, 0.717) is 17.0 Å². The van der Waals surface area contributed by atoms with E-state index in [1.54, 1.807) is 20.8 Å². The molecule has 0 spiro atoms. The maximum absolute atomic E-state index is 13.1. The standard InChI is InChI=1S/C19H20IN3O5S/c1-8-11(12(22-28-8)9-6-4-5-7-10(9)20)15(24)21-13-16(25)23-14(18(26)27)19(2,3)29-17(13)23/h5,7,13-14,17H,4,6H2,1-3H3,(H,21,24)(H,26,27)/t13-,14+,17-/m1/s1. The molecule has 3 heterocycles. The summed E-state index contributed by atoms with van der Waals surface area (Å²) < 4.78 is 5.66. The summed E-state index contributed by atoms with van der Waals surface area (Å²) >= 11 is 3.60. The summed E-state index contributed by atoms with van der Waals surface area (Å²) in [5.74, 6) is -1.46. The molecule has 154 valence electrons. The van der Waals surface area contributed by atoms with E-state index in [1.165, 1.54) is 16.7 Å². The summed E-state index contributed by atoms with van der Waals surface area (Å²) in [5.41, 5.74) is 1.77. The molecule has 2 fully saturated rings. The van der Waals surface area contributed by atoms with Crippen LogP contribution in [0.2, 0.25) is 0 Å². The summed E-state index contributed by atoms with van der Waals surface area (Å²) in [7, 11) is 0. The first-order chi connectivity index (χ1) is 13.6. The number of carboxylic acids is 1. The van der Waals surface area contributed by atoms with E-state index < -0.39 is 34.1 Å². The normalized spacial score (nSPS) is 27.7.